The van der Waals surface area contributed by atoms with Gasteiger partial charge in [0.1, 0.15) is 12.1 Å². The van der Waals surface area contributed by atoms with Crippen LogP contribution in [0, 0.1) is 0 Å². The Morgan fingerprint density at radius 1 is 1.07 bits per heavy atom. The first kappa shape index (κ1) is 21.4. The number of benzene rings is 1. The van der Waals surface area contributed by atoms with Gasteiger partial charge in [0.2, 0.25) is 11.8 Å². The fraction of sp³-hybridized carbons (Fsp3) is 0.421. The minimum atomic E-state index is -1.12. The third-order valence-electron chi connectivity index (χ3n) is 4.50. The van der Waals surface area contributed by atoms with E-state index in [2.05, 4.69) is 15.6 Å². The minimum Gasteiger partial charge on any atom is -0.480 e. The highest BCUT2D eigenvalue weighted by atomic mass is 16.4. The molecule has 1 heterocycles. The Morgan fingerprint density at radius 2 is 1.82 bits per heavy atom. The van der Waals surface area contributed by atoms with Crippen LogP contribution in [-0.2, 0) is 20.8 Å². The van der Waals surface area contributed by atoms with E-state index in [1.165, 1.54) is 0 Å². The van der Waals surface area contributed by atoms with Gasteiger partial charge in [-0.15, -0.1) is 0 Å². The van der Waals surface area contributed by atoms with Crippen molar-refractivity contribution in [1.82, 2.24) is 15.6 Å². The molecule has 0 spiro atoms. The van der Waals surface area contributed by atoms with Gasteiger partial charge in [0.25, 0.3) is 0 Å². The van der Waals surface area contributed by atoms with E-state index in [9.17, 15) is 19.5 Å². The summed E-state index contributed by atoms with van der Waals surface area (Å²) >= 11 is 0. The molecular weight excluding hydrogens is 362 g/mol. The van der Waals surface area contributed by atoms with E-state index >= 15 is 0 Å². The van der Waals surface area contributed by atoms with Gasteiger partial charge in [-0.25, -0.2) is 4.79 Å². The Labute approximate surface area is 162 Å². The van der Waals surface area contributed by atoms with Crippen LogP contribution in [0.3, 0.4) is 0 Å². The average Bonchev–Trinajstić information content (AvgIpc) is 3.09. The highest BCUT2D eigenvalue weighted by molar-refractivity contribution is 5.92. The van der Waals surface area contributed by atoms with Gasteiger partial charge in [-0.1, -0.05) is 18.2 Å². The molecule has 28 heavy (non-hydrogen) atoms. The number of carboxylic acids is 1. The van der Waals surface area contributed by atoms with Crippen molar-refractivity contribution < 1.29 is 19.5 Å². The number of aromatic nitrogens is 1. The smallest absolute Gasteiger partial charge is 0.326 e. The number of aromatic amines is 1. The average molecular weight is 389 g/mol. The van der Waals surface area contributed by atoms with E-state index in [0.717, 1.165) is 16.5 Å². The molecule has 0 saturated heterocycles. The number of carboxylic acid groups (broad SMARTS) is 1. The summed E-state index contributed by atoms with van der Waals surface area (Å²) in [6.45, 7) is 0.187. The van der Waals surface area contributed by atoms with Gasteiger partial charge in [-0.05, 0) is 37.4 Å². The maximum atomic E-state index is 12.7. The predicted octanol–water partition coefficient (Wildman–Crippen LogP) is -0.148. The zero-order valence-electron chi connectivity index (χ0n) is 15.6. The van der Waals surface area contributed by atoms with Gasteiger partial charge in [-0.3, -0.25) is 9.59 Å². The number of amides is 2. The molecule has 0 aliphatic rings. The highest BCUT2D eigenvalue weighted by Gasteiger charge is 2.27. The first-order chi connectivity index (χ1) is 13.5. The molecule has 0 fully saturated rings. The molecule has 0 bridgehead atoms. The molecule has 9 heteroatoms. The first-order valence-electron chi connectivity index (χ1n) is 9.24. The maximum Gasteiger partial charge on any atom is 0.326 e. The third kappa shape index (κ3) is 5.80. The van der Waals surface area contributed by atoms with Crippen LogP contribution in [0.2, 0.25) is 0 Å². The van der Waals surface area contributed by atoms with E-state index in [1.807, 2.05) is 24.3 Å². The fourth-order valence-electron chi connectivity index (χ4n) is 3.01. The Bertz CT molecular complexity index is 820. The summed E-state index contributed by atoms with van der Waals surface area (Å²) in [4.78, 5) is 39.1. The molecule has 0 aliphatic carbocycles. The molecule has 2 amide bonds. The van der Waals surface area contributed by atoms with Crippen LogP contribution in [0.4, 0.5) is 0 Å². The third-order valence-corrected chi connectivity index (χ3v) is 4.50. The van der Waals surface area contributed by atoms with Crippen molar-refractivity contribution in [2.24, 2.45) is 11.5 Å². The molecule has 8 N–H and O–H groups in total. The summed E-state index contributed by atoms with van der Waals surface area (Å²) in [5.74, 6) is -2.18. The van der Waals surface area contributed by atoms with E-state index in [1.54, 1.807) is 6.20 Å². The number of nitrogens with two attached hydrogens (primary N) is 2. The number of carbonyl (C=O) groups is 3. The van der Waals surface area contributed by atoms with Crippen molar-refractivity contribution in [3.63, 3.8) is 0 Å². The van der Waals surface area contributed by atoms with Crippen LogP contribution in [-0.4, -0.2) is 53.0 Å². The highest BCUT2D eigenvalue weighted by Crippen LogP contribution is 2.19. The van der Waals surface area contributed by atoms with Crippen molar-refractivity contribution in [2.75, 3.05) is 13.1 Å². The standard InChI is InChI=1S/C19H27N5O4/c20-8-4-3-7-15(19(27)28)24-18(26)16(23-17(25)10-21)9-12-11-22-14-6-2-1-5-13(12)14/h1-2,5-6,11,15-16,22H,3-4,7-10,20-21H2,(H,23,25)(H,24,26)(H,27,28). The second-order valence-electron chi connectivity index (χ2n) is 6.57. The zero-order chi connectivity index (χ0) is 20.5. The molecule has 9 nitrogen and oxygen atoms in total. The molecule has 152 valence electrons. The van der Waals surface area contributed by atoms with Crippen molar-refractivity contribution in [2.45, 2.75) is 37.8 Å². The summed E-state index contributed by atoms with van der Waals surface area (Å²) < 4.78 is 0. The lowest BCUT2D eigenvalue weighted by Gasteiger charge is -2.21. The number of H-pyrrole nitrogens is 1. The van der Waals surface area contributed by atoms with E-state index in [0.29, 0.717) is 19.4 Å². The molecule has 0 aliphatic heterocycles. The number of rotatable bonds is 11. The lowest BCUT2D eigenvalue weighted by atomic mass is 10.0. The number of nitrogens with one attached hydrogen (secondary N) is 3. The second kappa shape index (κ2) is 10.4. The van der Waals surface area contributed by atoms with E-state index < -0.39 is 29.9 Å². The number of hydrogen-bond donors (Lipinski definition) is 6. The number of unbranched alkanes of at least 4 members (excludes halogenated alkanes) is 1. The summed E-state index contributed by atoms with van der Waals surface area (Å²) in [6, 6.07) is 5.61. The van der Waals surface area contributed by atoms with Crippen molar-refractivity contribution in [3.8, 4) is 0 Å². The normalized spacial score (nSPS) is 13.1. The molecule has 0 radical (unpaired) electrons. The molecule has 2 aromatic rings. The minimum absolute atomic E-state index is 0.205. The van der Waals surface area contributed by atoms with Crippen LogP contribution in [0.5, 0.6) is 0 Å². The second-order valence-corrected chi connectivity index (χ2v) is 6.57. The Hall–Kier alpha value is -2.91. The summed E-state index contributed by atoms with van der Waals surface area (Å²) in [7, 11) is 0. The molecule has 0 saturated carbocycles. The molecule has 2 unspecified atom stereocenters. The molecular formula is C19H27N5O4. The SMILES string of the molecule is NCCCCC(NC(=O)C(Cc1c[nH]c2ccccc12)NC(=O)CN)C(=O)O. The van der Waals surface area contributed by atoms with Crippen LogP contribution in [0.25, 0.3) is 10.9 Å². The summed E-state index contributed by atoms with van der Waals surface area (Å²) in [5, 5.41) is 15.4. The van der Waals surface area contributed by atoms with Crippen LogP contribution in [0.15, 0.2) is 30.5 Å². The van der Waals surface area contributed by atoms with Gasteiger partial charge in [0, 0.05) is 23.5 Å². The predicted molar refractivity (Wildman–Crippen MR) is 105 cm³/mol. The Morgan fingerprint density at radius 3 is 2.50 bits per heavy atom. The van der Waals surface area contributed by atoms with E-state index in [4.69, 9.17) is 11.5 Å². The zero-order valence-corrected chi connectivity index (χ0v) is 15.6. The van der Waals surface area contributed by atoms with E-state index in [-0.39, 0.29) is 19.4 Å². The number of para-hydroxylation sites is 1. The quantitative estimate of drug-likeness (QED) is 0.293. The number of hydrogen-bond acceptors (Lipinski definition) is 5. The number of fused-ring (bicyclic) bond motifs is 1. The van der Waals surface area contributed by atoms with Crippen molar-refractivity contribution in [1.29, 1.82) is 0 Å². The molecule has 2 rings (SSSR count). The fourth-order valence-corrected chi connectivity index (χ4v) is 3.01. The molecule has 1 aromatic carbocycles. The van der Waals surface area contributed by atoms with Crippen LogP contribution >= 0.6 is 0 Å². The molecule has 2 atom stereocenters. The first-order valence-corrected chi connectivity index (χ1v) is 9.24. The lowest BCUT2D eigenvalue weighted by molar-refractivity contribution is -0.142. The Balaban J connectivity index is 2.15. The Kier molecular flexibility index (Phi) is 7.97. The number of carbonyl (C=O) groups excluding carboxylic acids is 2. The number of aliphatic carboxylic acids is 1. The van der Waals surface area contributed by atoms with Crippen molar-refractivity contribution >= 4 is 28.7 Å². The summed E-state index contributed by atoms with van der Waals surface area (Å²) in [5.41, 5.74) is 12.5. The van der Waals surface area contributed by atoms with Gasteiger partial charge in [0.05, 0.1) is 6.54 Å². The topological polar surface area (TPSA) is 163 Å². The summed E-state index contributed by atoms with van der Waals surface area (Å²) in [6.07, 6.45) is 3.49. The van der Waals surface area contributed by atoms with Gasteiger partial charge in [0.15, 0.2) is 0 Å². The van der Waals surface area contributed by atoms with Gasteiger partial charge < -0.3 is 32.2 Å². The molecule has 1 aromatic heterocycles. The maximum absolute atomic E-state index is 12.7. The van der Waals surface area contributed by atoms with Crippen molar-refractivity contribution in [3.05, 3.63) is 36.0 Å². The lowest BCUT2D eigenvalue weighted by Crippen LogP contribution is -2.53. The van der Waals surface area contributed by atoms with Gasteiger partial charge in [-0.2, -0.15) is 0 Å². The van der Waals surface area contributed by atoms with Crippen LogP contribution in [0.1, 0.15) is 24.8 Å². The monoisotopic (exact) mass is 389 g/mol. The van der Waals surface area contributed by atoms with Crippen LogP contribution < -0.4 is 22.1 Å². The van der Waals surface area contributed by atoms with Gasteiger partial charge >= 0.3 is 5.97 Å². The largest absolute Gasteiger partial charge is 0.480 e.